The zero-order valence-electron chi connectivity index (χ0n) is 21.9. The van der Waals surface area contributed by atoms with Gasteiger partial charge in [-0.25, -0.2) is 14.3 Å². The van der Waals surface area contributed by atoms with E-state index >= 15 is 0 Å². The number of oxime groups is 1. The Labute approximate surface area is 273 Å². The second-order valence-corrected chi connectivity index (χ2v) is 11.0. The van der Waals surface area contributed by atoms with Gasteiger partial charge in [-0.05, 0) is 0 Å². The molecular weight excluding hydrogens is 662 g/mol. The van der Waals surface area contributed by atoms with Gasteiger partial charge in [-0.15, -0.1) is 45.9 Å². The van der Waals surface area contributed by atoms with Crippen molar-refractivity contribution in [2.75, 3.05) is 36.0 Å². The summed E-state index contributed by atoms with van der Waals surface area (Å²) in [5, 5.41) is 15.9. The van der Waals surface area contributed by atoms with Crippen LogP contribution in [0, 0.1) is 0 Å². The van der Waals surface area contributed by atoms with Gasteiger partial charge in [0.15, 0.2) is 22.0 Å². The first-order valence-electron chi connectivity index (χ1n) is 10.5. The molecule has 1 fully saturated rings. The van der Waals surface area contributed by atoms with Crippen LogP contribution >= 0.6 is 45.9 Å². The van der Waals surface area contributed by atoms with E-state index in [0.29, 0.717) is 0 Å². The van der Waals surface area contributed by atoms with Crippen molar-refractivity contribution < 1.29 is 72.8 Å². The van der Waals surface area contributed by atoms with Crippen molar-refractivity contribution in [3.05, 3.63) is 22.1 Å². The number of hydrogen-bond acceptors (Lipinski definition) is 13. The van der Waals surface area contributed by atoms with Crippen LogP contribution in [0.5, 0.6) is 0 Å². The van der Waals surface area contributed by atoms with Gasteiger partial charge < -0.3 is 27.5 Å². The van der Waals surface area contributed by atoms with Crippen LogP contribution in [-0.4, -0.2) is 93.9 Å². The first kappa shape index (κ1) is 34.8. The minimum Gasteiger partial charge on any atom is -1.00 e. The van der Waals surface area contributed by atoms with E-state index in [4.69, 9.17) is 32.6 Å². The molecule has 0 radical (unpaired) electrons. The number of anilines is 2. The number of carbonyl (C=O) groups is 5. The molecule has 3 rings (SSSR count). The van der Waals surface area contributed by atoms with E-state index in [1.165, 1.54) is 10.8 Å². The number of thiazole rings is 2. The summed E-state index contributed by atoms with van der Waals surface area (Å²) in [5.41, 5.74) is -0.532. The molecule has 5 N–H and O–H groups in total. The second kappa shape index (κ2) is 15.2. The van der Waals surface area contributed by atoms with Gasteiger partial charge in [0, 0.05) is 10.8 Å². The van der Waals surface area contributed by atoms with Crippen LogP contribution in [0.3, 0.4) is 0 Å². The van der Waals surface area contributed by atoms with Crippen molar-refractivity contribution in [3.63, 3.8) is 0 Å². The molecule has 0 aliphatic carbocycles. The molecule has 1 aliphatic heterocycles. The Morgan fingerprint density at radius 3 is 2.29 bits per heavy atom. The molecule has 1 saturated heterocycles. The van der Waals surface area contributed by atoms with E-state index in [9.17, 15) is 32.4 Å². The number of amides is 5. The van der Waals surface area contributed by atoms with Crippen LogP contribution in [0.15, 0.2) is 15.9 Å². The maximum atomic E-state index is 13.2. The van der Waals surface area contributed by atoms with E-state index in [0.717, 1.165) is 29.8 Å². The molecule has 2 atom stereocenters. The quantitative estimate of drug-likeness (QED) is 0.0367. The number of nitrogens with zero attached hydrogens (tertiary/aromatic N) is 4. The third kappa shape index (κ3) is 9.03. The van der Waals surface area contributed by atoms with Crippen molar-refractivity contribution in [2.24, 2.45) is 5.16 Å². The monoisotopic (exact) mass is 680 g/mol. The molecule has 2 aromatic heterocycles. The predicted octanol–water partition coefficient (Wildman–Crippen LogP) is -3.59. The number of aromatic nitrogens is 2. The van der Waals surface area contributed by atoms with Crippen LogP contribution in [0.25, 0.3) is 0 Å². The fraction of sp³-hybridized carbons (Fsp3) is 0.333. The Morgan fingerprint density at radius 1 is 1.17 bits per heavy atom. The molecule has 5 amide bonds. The van der Waals surface area contributed by atoms with Gasteiger partial charge in [0.25, 0.3) is 11.8 Å². The minimum atomic E-state index is -4.81. The zero-order chi connectivity index (χ0) is 29.6. The van der Waals surface area contributed by atoms with Gasteiger partial charge in [0.1, 0.15) is 30.6 Å². The Balaban J connectivity index is 0.00000441. The van der Waals surface area contributed by atoms with Gasteiger partial charge in [-0.3, -0.25) is 28.5 Å². The maximum Gasteiger partial charge on any atom is 1.00 e. The third-order valence-electron chi connectivity index (χ3n) is 4.72. The average molecular weight is 681 g/mol. The zero-order valence-corrected chi connectivity index (χ0v) is 26.9. The molecule has 41 heavy (non-hydrogen) atoms. The van der Waals surface area contributed by atoms with Gasteiger partial charge in [-0.1, -0.05) is 5.16 Å². The summed E-state index contributed by atoms with van der Waals surface area (Å²) in [5.74, 6) is -4.95. The molecule has 0 aromatic carbocycles. The van der Waals surface area contributed by atoms with Crippen LogP contribution in [0.4, 0.5) is 10.3 Å². The van der Waals surface area contributed by atoms with Crippen LogP contribution in [0.1, 0.15) is 18.9 Å². The molecule has 0 spiro atoms. The van der Waals surface area contributed by atoms with Crippen molar-refractivity contribution in [3.8, 4) is 0 Å². The Kier molecular flexibility index (Phi) is 12.9. The number of hydrogen-bond donors (Lipinski definition) is 5. The SMILES string of the molecule is CON=C(C(=O)NC(C(=O)NC1CN(S(=O)(=O)O)C1=O)c1csc(NC(=O)CCl)n1)c1csc(NC(=O)CCl)n1.[H-].[Na+]. The molecule has 23 heteroatoms. The summed E-state index contributed by atoms with van der Waals surface area (Å²) in [4.78, 5) is 74.5. The number of β-lactam (4-membered cyclic amide) rings is 1. The first-order chi connectivity index (χ1) is 18.9. The van der Waals surface area contributed by atoms with E-state index in [1.54, 1.807) is 0 Å². The Hall–Kier alpha value is -2.43. The van der Waals surface area contributed by atoms with Crippen LogP contribution in [0.2, 0.25) is 0 Å². The van der Waals surface area contributed by atoms with Gasteiger partial charge >= 0.3 is 39.9 Å². The molecule has 2 unspecified atom stereocenters. The van der Waals surface area contributed by atoms with Gasteiger partial charge in [0.2, 0.25) is 17.7 Å². The number of halogens is 2. The maximum absolute atomic E-state index is 13.2. The molecule has 0 bridgehead atoms. The average Bonchev–Trinajstić information content (AvgIpc) is 3.56. The second-order valence-electron chi connectivity index (χ2n) is 7.42. The Morgan fingerprint density at radius 2 is 1.76 bits per heavy atom. The molecule has 2 aromatic rings. The topological polar surface area (TPSA) is 238 Å². The van der Waals surface area contributed by atoms with Crippen LogP contribution in [-0.2, 0) is 39.1 Å². The van der Waals surface area contributed by atoms with Crippen molar-refractivity contribution >= 4 is 102 Å². The predicted molar refractivity (Wildman–Crippen MR) is 144 cm³/mol. The normalized spacial score (nSPS) is 15.6. The number of rotatable bonds is 12. The third-order valence-corrected chi connectivity index (χ3v) is 7.63. The van der Waals surface area contributed by atoms with Gasteiger partial charge in [0.05, 0.1) is 12.2 Å². The molecular formula is C18H19Cl2N8NaO9S3. The summed E-state index contributed by atoms with van der Waals surface area (Å²) in [7, 11) is -3.66. The van der Waals surface area contributed by atoms with E-state index in [2.05, 4.69) is 36.4 Å². The van der Waals surface area contributed by atoms with Crippen LogP contribution < -0.4 is 50.8 Å². The molecule has 0 saturated carbocycles. The van der Waals surface area contributed by atoms with Crippen molar-refractivity contribution in [2.45, 2.75) is 12.1 Å². The van der Waals surface area contributed by atoms with E-state index in [-0.39, 0.29) is 68.7 Å². The first-order valence-corrected chi connectivity index (χ1v) is 14.7. The summed E-state index contributed by atoms with van der Waals surface area (Å²) >= 11 is 12.8. The fourth-order valence-corrected chi connectivity index (χ4v) is 5.25. The number of alkyl halides is 2. The fourth-order valence-electron chi connectivity index (χ4n) is 2.96. The summed E-state index contributed by atoms with van der Waals surface area (Å²) in [6.07, 6.45) is 0. The van der Waals surface area contributed by atoms with E-state index < -0.39 is 64.2 Å². The smallest absolute Gasteiger partial charge is 1.00 e. The molecule has 218 valence electrons. The molecule has 3 heterocycles. The summed E-state index contributed by atoms with van der Waals surface area (Å²) < 4.78 is 31.6. The molecule has 1 aliphatic rings. The van der Waals surface area contributed by atoms with Gasteiger partial charge in [-0.2, -0.15) is 8.42 Å². The summed E-state index contributed by atoms with van der Waals surface area (Å²) in [6.45, 7) is -0.551. The van der Waals surface area contributed by atoms with Crippen molar-refractivity contribution in [1.29, 1.82) is 0 Å². The van der Waals surface area contributed by atoms with E-state index in [1.807, 2.05) is 0 Å². The van der Waals surface area contributed by atoms with Crippen molar-refractivity contribution in [1.82, 2.24) is 24.9 Å². The minimum absolute atomic E-state index is 0. The summed E-state index contributed by atoms with van der Waals surface area (Å²) in [6, 6.07) is -2.93. The number of nitrogens with one attached hydrogen (secondary N) is 4. The Bertz CT molecular complexity index is 1480. The number of carbonyl (C=O) groups excluding carboxylic acids is 5. The standard InChI is InChI=1S/C18H18Cl2N8O9S3.Na.H/c1-37-27-13(9-6-39-18(23-9)25-11(30)3-20)15(32)26-12(8-5-38-17(22-8)24-10(29)2-19)14(31)21-7-4-28(16(7)33)40(34,35)36;;/h5-7,12H,2-4H2,1H3,(H,21,31)(H,26,32)(H,22,24,29)(H,23,25,30)(H,34,35,36);;/q;+1;-1. The molecule has 17 nitrogen and oxygen atoms in total. The largest absolute Gasteiger partial charge is 1.00 e.